The molecule has 2 amide bonds. The van der Waals surface area contributed by atoms with E-state index in [-0.39, 0.29) is 22.1 Å². The quantitative estimate of drug-likeness (QED) is 0.558. The Labute approximate surface area is 172 Å². The first-order chi connectivity index (χ1) is 13.8. The van der Waals surface area contributed by atoms with E-state index in [1.165, 1.54) is 36.6 Å². The van der Waals surface area contributed by atoms with Gasteiger partial charge in [0.1, 0.15) is 5.00 Å². The van der Waals surface area contributed by atoms with E-state index in [1.54, 1.807) is 41.8 Å². The van der Waals surface area contributed by atoms with Gasteiger partial charge in [-0.3, -0.25) is 14.3 Å². The van der Waals surface area contributed by atoms with Gasteiger partial charge in [-0.1, -0.05) is 23.8 Å². The summed E-state index contributed by atoms with van der Waals surface area (Å²) in [5.74, 6) is -0.754. The molecule has 1 heterocycles. The summed E-state index contributed by atoms with van der Waals surface area (Å²) < 4.78 is 27.6. The molecule has 0 aliphatic carbocycles. The van der Waals surface area contributed by atoms with Crippen molar-refractivity contribution in [1.29, 1.82) is 0 Å². The molecule has 0 aliphatic rings. The van der Waals surface area contributed by atoms with Crippen LogP contribution in [0.4, 0.5) is 10.7 Å². The number of carbonyl (C=O) groups is 2. The number of nitrogens with one attached hydrogen (secondary N) is 3. The van der Waals surface area contributed by atoms with E-state index in [9.17, 15) is 18.0 Å². The number of aryl methyl sites for hydroxylation is 1. The third-order valence-electron chi connectivity index (χ3n) is 4.07. The van der Waals surface area contributed by atoms with Gasteiger partial charge in [-0.15, -0.1) is 11.3 Å². The molecule has 0 saturated carbocycles. The number of benzene rings is 2. The highest BCUT2D eigenvalue weighted by Crippen LogP contribution is 2.24. The third kappa shape index (κ3) is 4.82. The lowest BCUT2D eigenvalue weighted by atomic mass is 10.2. The molecule has 3 aromatic rings. The van der Waals surface area contributed by atoms with Crippen LogP contribution in [0.3, 0.4) is 0 Å². The Morgan fingerprint density at radius 1 is 0.966 bits per heavy atom. The lowest BCUT2D eigenvalue weighted by Gasteiger charge is -2.10. The second-order valence-corrected chi connectivity index (χ2v) is 8.79. The summed E-state index contributed by atoms with van der Waals surface area (Å²) in [4.78, 5) is 24.6. The predicted molar refractivity (Wildman–Crippen MR) is 114 cm³/mol. The number of hydrogen-bond acceptors (Lipinski definition) is 5. The molecule has 1 aromatic heterocycles. The minimum absolute atomic E-state index is 0.131. The van der Waals surface area contributed by atoms with Crippen molar-refractivity contribution in [3.05, 3.63) is 76.7 Å². The van der Waals surface area contributed by atoms with Crippen LogP contribution in [0.25, 0.3) is 0 Å². The summed E-state index contributed by atoms with van der Waals surface area (Å²) in [6, 6.07) is 14.2. The van der Waals surface area contributed by atoms with E-state index >= 15 is 0 Å². The highest BCUT2D eigenvalue weighted by atomic mass is 32.2. The van der Waals surface area contributed by atoms with Gasteiger partial charge in [0.15, 0.2) is 0 Å². The molecule has 150 valence electrons. The Morgan fingerprint density at radius 2 is 1.69 bits per heavy atom. The molecule has 3 N–H and O–H groups in total. The van der Waals surface area contributed by atoms with E-state index in [1.807, 2.05) is 6.92 Å². The van der Waals surface area contributed by atoms with Gasteiger partial charge in [0.05, 0.1) is 10.5 Å². The number of rotatable bonds is 6. The van der Waals surface area contributed by atoms with Crippen LogP contribution in [0.2, 0.25) is 0 Å². The molecule has 0 atom stereocenters. The highest BCUT2D eigenvalue weighted by molar-refractivity contribution is 7.92. The van der Waals surface area contributed by atoms with Crippen LogP contribution in [0, 0.1) is 6.92 Å². The molecule has 3 rings (SSSR count). The normalized spacial score (nSPS) is 11.0. The summed E-state index contributed by atoms with van der Waals surface area (Å²) in [7, 11) is -2.27. The van der Waals surface area contributed by atoms with Crippen LogP contribution in [0.5, 0.6) is 0 Å². The van der Waals surface area contributed by atoms with Crippen molar-refractivity contribution in [2.24, 2.45) is 0 Å². The second kappa shape index (κ2) is 8.46. The van der Waals surface area contributed by atoms with Gasteiger partial charge < -0.3 is 10.6 Å². The minimum atomic E-state index is -3.78. The minimum Gasteiger partial charge on any atom is -0.355 e. The first-order valence-corrected chi connectivity index (χ1v) is 11.0. The van der Waals surface area contributed by atoms with Crippen molar-refractivity contribution in [2.45, 2.75) is 11.8 Å². The summed E-state index contributed by atoms with van der Waals surface area (Å²) in [5.41, 5.74) is 1.83. The summed E-state index contributed by atoms with van der Waals surface area (Å²) in [6.45, 7) is 1.87. The molecule has 0 saturated heterocycles. The fraction of sp³-hybridized carbons (Fsp3) is 0.100. The van der Waals surface area contributed by atoms with Gasteiger partial charge in [-0.2, -0.15) is 0 Å². The number of sulfonamides is 1. The number of amides is 2. The first-order valence-electron chi connectivity index (χ1n) is 8.60. The molecular formula is C20H19N3O4S2. The molecule has 0 radical (unpaired) electrons. The van der Waals surface area contributed by atoms with Crippen LogP contribution in [-0.2, 0) is 10.0 Å². The Bertz CT molecular complexity index is 1150. The number of anilines is 2. The SMILES string of the molecule is CNC(=O)c1ccsc1NC(=O)c1cccc(NS(=O)(=O)c2ccc(C)cc2)c1. The van der Waals surface area contributed by atoms with Crippen LogP contribution < -0.4 is 15.4 Å². The average Bonchev–Trinajstić information content (AvgIpc) is 3.15. The zero-order valence-electron chi connectivity index (χ0n) is 15.7. The fourth-order valence-electron chi connectivity index (χ4n) is 2.55. The maximum atomic E-state index is 12.6. The number of hydrogen-bond donors (Lipinski definition) is 3. The monoisotopic (exact) mass is 429 g/mol. The van der Waals surface area contributed by atoms with Gasteiger partial charge in [-0.25, -0.2) is 8.42 Å². The van der Waals surface area contributed by atoms with Crippen molar-refractivity contribution in [1.82, 2.24) is 5.32 Å². The van der Waals surface area contributed by atoms with Gasteiger partial charge in [0.2, 0.25) is 0 Å². The molecule has 7 nitrogen and oxygen atoms in total. The van der Waals surface area contributed by atoms with Crippen molar-refractivity contribution >= 4 is 43.9 Å². The third-order valence-corrected chi connectivity index (χ3v) is 6.30. The summed E-state index contributed by atoms with van der Waals surface area (Å²) in [5, 5.41) is 7.32. The van der Waals surface area contributed by atoms with Crippen molar-refractivity contribution < 1.29 is 18.0 Å². The zero-order chi connectivity index (χ0) is 21.0. The summed E-state index contributed by atoms with van der Waals surface area (Å²) >= 11 is 1.22. The van der Waals surface area contributed by atoms with Crippen molar-refractivity contribution in [3.63, 3.8) is 0 Å². The second-order valence-electron chi connectivity index (χ2n) is 6.20. The molecule has 0 fully saturated rings. The molecule has 0 aliphatic heterocycles. The molecule has 2 aromatic carbocycles. The van der Waals surface area contributed by atoms with E-state index in [4.69, 9.17) is 0 Å². The van der Waals surface area contributed by atoms with E-state index < -0.39 is 15.9 Å². The van der Waals surface area contributed by atoms with Gasteiger partial charge in [0.25, 0.3) is 21.8 Å². The van der Waals surface area contributed by atoms with Crippen LogP contribution in [0.1, 0.15) is 26.3 Å². The van der Waals surface area contributed by atoms with Crippen LogP contribution in [0.15, 0.2) is 64.9 Å². The van der Waals surface area contributed by atoms with Crippen molar-refractivity contribution in [3.8, 4) is 0 Å². The van der Waals surface area contributed by atoms with Gasteiger partial charge in [-0.05, 0) is 48.7 Å². The zero-order valence-corrected chi connectivity index (χ0v) is 17.4. The van der Waals surface area contributed by atoms with Crippen LogP contribution in [-0.4, -0.2) is 27.3 Å². The largest absolute Gasteiger partial charge is 0.355 e. The van der Waals surface area contributed by atoms with E-state index in [0.29, 0.717) is 10.6 Å². The molecule has 9 heteroatoms. The van der Waals surface area contributed by atoms with E-state index in [2.05, 4.69) is 15.4 Å². The predicted octanol–water partition coefficient (Wildman–Crippen LogP) is 3.47. The van der Waals surface area contributed by atoms with Crippen molar-refractivity contribution in [2.75, 3.05) is 17.1 Å². The molecule has 0 spiro atoms. The molecular weight excluding hydrogens is 410 g/mol. The van der Waals surface area contributed by atoms with E-state index in [0.717, 1.165) is 5.56 Å². The maximum Gasteiger partial charge on any atom is 0.261 e. The Morgan fingerprint density at radius 3 is 2.38 bits per heavy atom. The van der Waals surface area contributed by atoms with Crippen LogP contribution >= 0.6 is 11.3 Å². The highest BCUT2D eigenvalue weighted by Gasteiger charge is 2.17. The summed E-state index contributed by atoms with van der Waals surface area (Å²) in [6.07, 6.45) is 0. The van der Waals surface area contributed by atoms with Gasteiger partial charge >= 0.3 is 0 Å². The topological polar surface area (TPSA) is 104 Å². The molecule has 29 heavy (non-hydrogen) atoms. The maximum absolute atomic E-state index is 12.6. The Kier molecular flexibility index (Phi) is 6.00. The smallest absolute Gasteiger partial charge is 0.261 e. The Balaban J connectivity index is 1.79. The molecule has 0 unspecified atom stereocenters. The molecule has 0 bridgehead atoms. The van der Waals surface area contributed by atoms with Gasteiger partial charge in [0, 0.05) is 18.3 Å². The standard InChI is InChI=1S/C20H19N3O4S2/c1-13-6-8-16(9-7-13)29(26,27)23-15-5-3-4-14(12-15)18(24)22-20-17(10-11-28-20)19(25)21-2/h3-12,23H,1-2H3,(H,21,25)(H,22,24). The lowest BCUT2D eigenvalue weighted by Crippen LogP contribution is -2.20. The Hall–Kier alpha value is -3.17. The number of carbonyl (C=O) groups excluding carboxylic acids is 2. The fourth-order valence-corrected chi connectivity index (χ4v) is 4.38. The first kappa shape index (κ1) is 20.6. The average molecular weight is 430 g/mol. The lowest BCUT2D eigenvalue weighted by molar-refractivity contribution is 0.0964. The number of thiophene rings is 1.